The van der Waals surface area contributed by atoms with Crippen LogP contribution in [0.3, 0.4) is 0 Å². The van der Waals surface area contributed by atoms with Gasteiger partial charge in [-0.15, -0.1) is 11.3 Å². The highest BCUT2D eigenvalue weighted by Crippen LogP contribution is 2.20. The van der Waals surface area contributed by atoms with Crippen LogP contribution in [-0.4, -0.2) is 10.1 Å². The molecule has 17 heavy (non-hydrogen) atoms. The Hall–Kier alpha value is -1.39. The molecule has 1 aromatic heterocycles. The van der Waals surface area contributed by atoms with E-state index in [0.29, 0.717) is 6.61 Å². The first-order valence-corrected chi connectivity index (χ1v) is 6.35. The molecule has 1 heterocycles. The maximum Gasteiger partial charge on any atom is 0.140 e. The molecule has 3 nitrogen and oxygen atoms in total. The number of ether oxygens (including phenoxy) is 1. The van der Waals surface area contributed by atoms with E-state index in [9.17, 15) is 5.11 Å². The van der Waals surface area contributed by atoms with Gasteiger partial charge in [-0.25, -0.2) is 4.98 Å². The molecule has 2 aromatic rings. The third-order valence-corrected chi connectivity index (χ3v) is 3.31. The molecule has 1 atom stereocenters. The molecule has 1 aromatic carbocycles. The van der Waals surface area contributed by atoms with Gasteiger partial charge in [-0.1, -0.05) is 12.1 Å². The fourth-order valence-electron chi connectivity index (χ4n) is 1.48. The zero-order valence-electron chi connectivity index (χ0n) is 9.88. The summed E-state index contributed by atoms with van der Waals surface area (Å²) >= 11 is 1.59. The van der Waals surface area contributed by atoms with Gasteiger partial charge in [0.05, 0.1) is 6.10 Å². The van der Waals surface area contributed by atoms with E-state index in [1.807, 2.05) is 36.6 Å². The van der Waals surface area contributed by atoms with E-state index < -0.39 is 6.10 Å². The van der Waals surface area contributed by atoms with Crippen molar-refractivity contribution in [1.29, 1.82) is 0 Å². The van der Waals surface area contributed by atoms with Crippen molar-refractivity contribution in [1.82, 2.24) is 4.98 Å². The van der Waals surface area contributed by atoms with Crippen molar-refractivity contribution in [2.45, 2.75) is 26.6 Å². The summed E-state index contributed by atoms with van der Waals surface area (Å²) in [7, 11) is 0. The Kier molecular flexibility index (Phi) is 3.76. The molecule has 2 rings (SSSR count). The monoisotopic (exact) mass is 249 g/mol. The van der Waals surface area contributed by atoms with Crippen molar-refractivity contribution >= 4 is 11.3 Å². The van der Waals surface area contributed by atoms with Gasteiger partial charge in [0.1, 0.15) is 17.4 Å². The first kappa shape index (κ1) is 12.1. The molecule has 0 aliphatic rings. The summed E-state index contributed by atoms with van der Waals surface area (Å²) in [6, 6.07) is 7.49. The third kappa shape index (κ3) is 3.28. The molecule has 0 bridgehead atoms. The minimum atomic E-state index is -0.472. The van der Waals surface area contributed by atoms with E-state index in [1.165, 1.54) is 0 Å². The lowest BCUT2D eigenvalue weighted by Crippen LogP contribution is -1.97. The number of thiazole rings is 1. The normalized spacial score (nSPS) is 12.4. The second kappa shape index (κ2) is 5.29. The highest BCUT2D eigenvalue weighted by Gasteiger charge is 2.03. The maximum atomic E-state index is 9.47. The van der Waals surface area contributed by atoms with Gasteiger partial charge in [0.25, 0.3) is 0 Å². The zero-order chi connectivity index (χ0) is 12.3. The number of aliphatic hydroxyl groups excluding tert-OH is 1. The van der Waals surface area contributed by atoms with Crippen LogP contribution < -0.4 is 4.74 Å². The van der Waals surface area contributed by atoms with Crippen LogP contribution in [0.2, 0.25) is 0 Å². The van der Waals surface area contributed by atoms with Gasteiger partial charge in [-0.2, -0.15) is 0 Å². The molecule has 90 valence electrons. The molecule has 4 heteroatoms. The Labute approximate surface area is 105 Å². The number of hydrogen-bond acceptors (Lipinski definition) is 4. The Morgan fingerprint density at radius 3 is 2.94 bits per heavy atom. The number of aliphatic hydroxyl groups is 1. The SMILES string of the molecule is Cc1csc(COc2cccc([C@@H](C)O)c2)n1. The summed E-state index contributed by atoms with van der Waals surface area (Å²) in [4.78, 5) is 4.33. The predicted octanol–water partition coefficient (Wildman–Crippen LogP) is 3.08. The van der Waals surface area contributed by atoms with Gasteiger partial charge in [-0.3, -0.25) is 0 Å². The third-order valence-electron chi connectivity index (χ3n) is 2.37. The Balaban J connectivity index is 2.01. The van der Waals surface area contributed by atoms with E-state index in [0.717, 1.165) is 22.0 Å². The summed E-state index contributed by atoms with van der Waals surface area (Å²) in [5, 5.41) is 12.4. The molecule has 0 radical (unpaired) electrons. The average Bonchev–Trinajstić information content (AvgIpc) is 2.73. The predicted molar refractivity (Wildman–Crippen MR) is 68.3 cm³/mol. The average molecular weight is 249 g/mol. The van der Waals surface area contributed by atoms with Gasteiger partial charge >= 0.3 is 0 Å². The molecule has 0 saturated heterocycles. The van der Waals surface area contributed by atoms with Crippen LogP contribution >= 0.6 is 11.3 Å². The molecule has 0 aliphatic carbocycles. The summed E-state index contributed by atoms with van der Waals surface area (Å²) in [6.07, 6.45) is -0.472. The second-order valence-corrected chi connectivity index (χ2v) is 4.86. The summed E-state index contributed by atoms with van der Waals surface area (Å²) in [5.74, 6) is 0.760. The van der Waals surface area contributed by atoms with Crippen LogP contribution in [0.5, 0.6) is 5.75 Å². The zero-order valence-corrected chi connectivity index (χ0v) is 10.7. The maximum absolute atomic E-state index is 9.47. The summed E-state index contributed by atoms with van der Waals surface area (Å²) < 4.78 is 5.63. The van der Waals surface area contributed by atoms with Gasteiger partial charge in [0.15, 0.2) is 0 Å². The molecule has 0 spiro atoms. The van der Waals surface area contributed by atoms with Crippen LogP contribution in [-0.2, 0) is 6.61 Å². The first-order chi connectivity index (χ1) is 8.15. The van der Waals surface area contributed by atoms with Crippen molar-refractivity contribution in [2.75, 3.05) is 0 Å². The molecule has 0 amide bonds. The molecular formula is C13H15NO2S. The number of aryl methyl sites for hydroxylation is 1. The smallest absolute Gasteiger partial charge is 0.140 e. The van der Waals surface area contributed by atoms with Crippen LogP contribution in [0.15, 0.2) is 29.6 Å². The van der Waals surface area contributed by atoms with Crippen LogP contribution in [0.25, 0.3) is 0 Å². The van der Waals surface area contributed by atoms with Crippen LogP contribution in [0.1, 0.15) is 29.3 Å². The number of rotatable bonds is 4. The number of hydrogen-bond donors (Lipinski definition) is 1. The number of nitrogens with zero attached hydrogens (tertiary/aromatic N) is 1. The Bertz CT molecular complexity index is 494. The van der Waals surface area contributed by atoms with Crippen LogP contribution in [0.4, 0.5) is 0 Å². The minimum Gasteiger partial charge on any atom is -0.486 e. The largest absolute Gasteiger partial charge is 0.486 e. The Morgan fingerprint density at radius 1 is 1.47 bits per heavy atom. The molecular weight excluding hydrogens is 234 g/mol. The number of aromatic nitrogens is 1. The van der Waals surface area contributed by atoms with Gasteiger partial charge in [0.2, 0.25) is 0 Å². The standard InChI is InChI=1S/C13H15NO2S/c1-9-8-17-13(14-9)7-16-12-5-3-4-11(6-12)10(2)15/h3-6,8,10,15H,7H2,1-2H3/t10-/m1/s1. The first-order valence-electron chi connectivity index (χ1n) is 5.47. The van der Waals surface area contributed by atoms with Crippen molar-refractivity contribution in [2.24, 2.45) is 0 Å². The number of benzene rings is 1. The lowest BCUT2D eigenvalue weighted by Gasteiger charge is -2.08. The highest BCUT2D eigenvalue weighted by molar-refractivity contribution is 7.09. The van der Waals surface area contributed by atoms with E-state index >= 15 is 0 Å². The molecule has 1 N–H and O–H groups in total. The van der Waals surface area contributed by atoms with Crippen molar-refractivity contribution < 1.29 is 9.84 Å². The molecule has 0 fully saturated rings. The van der Waals surface area contributed by atoms with Gasteiger partial charge < -0.3 is 9.84 Å². The summed E-state index contributed by atoms with van der Waals surface area (Å²) in [6.45, 7) is 4.18. The van der Waals surface area contributed by atoms with Gasteiger partial charge in [0, 0.05) is 11.1 Å². The van der Waals surface area contributed by atoms with E-state index in [2.05, 4.69) is 4.98 Å². The van der Waals surface area contributed by atoms with Crippen molar-refractivity contribution in [3.8, 4) is 5.75 Å². The minimum absolute atomic E-state index is 0.472. The molecule has 0 aliphatic heterocycles. The van der Waals surface area contributed by atoms with Gasteiger partial charge in [-0.05, 0) is 31.5 Å². The highest BCUT2D eigenvalue weighted by atomic mass is 32.1. The Morgan fingerprint density at radius 2 is 2.29 bits per heavy atom. The summed E-state index contributed by atoms with van der Waals surface area (Å²) in [5.41, 5.74) is 1.88. The fourth-order valence-corrected chi connectivity index (χ4v) is 2.16. The second-order valence-electron chi connectivity index (χ2n) is 3.92. The quantitative estimate of drug-likeness (QED) is 0.905. The van der Waals surface area contributed by atoms with E-state index in [1.54, 1.807) is 18.3 Å². The van der Waals surface area contributed by atoms with Crippen molar-refractivity contribution in [3.05, 3.63) is 45.9 Å². The molecule has 0 saturated carbocycles. The van der Waals surface area contributed by atoms with E-state index in [4.69, 9.17) is 4.74 Å². The topological polar surface area (TPSA) is 42.4 Å². The van der Waals surface area contributed by atoms with Crippen molar-refractivity contribution in [3.63, 3.8) is 0 Å². The van der Waals surface area contributed by atoms with E-state index in [-0.39, 0.29) is 0 Å². The fraction of sp³-hybridized carbons (Fsp3) is 0.308. The lowest BCUT2D eigenvalue weighted by atomic mass is 10.1. The van der Waals surface area contributed by atoms with Crippen LogP contribution in [0, 0.1) is 6.92 Å². The lowest BCUT2D eigenvalue weighted by molar-refractivity contribution is 0.198. The molecule has 0 unspecified atom stereocenters.